The largest absolute Gasteiger partial charge is 0.497 e. The van der Waals surface area contributed by atoms with Gasteiger partial charge in [0.25, 0.3) is 0 Å². The Morgan fingerprint density at radius 2 is 1.86 bits per heavy atom. The van der Waals surface area contributed by atoms with Crippen LogP contribution in [0.25, 0.3) is 0 Å². The molecule has 0 saturated heterocycles. The van der Waals surface area contributed by atoms with Crippen LogP contribution in [0.1, 0.15) is 18.6 Å². The van der Waals surface area contributed by atoms with Crippen molar-refractivity contribution in [2.75, 3.05) is 20.8 Å². The van der Waals surface area contributed by atoms with Gasteiger partial charge in [-0.3, -0.25) is 0 Å². The summed E-state index contributed by atoms with van der Waals surface area (Å²) < 4.78 is 9.63. The molecule has 116 valence electrons. The lowest BCUT2D eigenvalue weighted by Crippen LogP contribution is -2.49. The number of ether oxygens (including phenoxy) is 2. The van der Waals surface area contributed by atoms with Crippen LogP contribution >= 0.6 is 0 Å². The monoisotopic (exact) mass is 296 g/mol. The number of methoxy groups -OCH3 is 2. The van der Waals surface area contributed by atoms with Gasteiger partial charge in [-0.15, -0.1) is 0 Å². The number of urea groups is 1. The summed E-state index contributed by atoms with van der Waals surface area (Å²) in [4.78, 5) is 23.3. The maximum Gasteiger partial charge on any atom is 0.331 e. The summed E-state index contributed by atoms with van der Waals surface area (Å²) in [6, 6.07) is 4.77. The molecule has 0 aromatic heterocycles. The number of hydrogen-bond acceptors (Lipinski definition) is 5. The maximum atomic E-state index is 11.7. The van der Waals surface area contributed by atoms with Gasteiger partial charge in [0.1, 0.15) is 11.9 Å². The molecule has 0 aliphatic heterocycles. The molecule has 0 bridgehead atoms. The second-order valence-electron chi connectivity index (χ2n) is 4.22. The van der Waals surface area contributed by atoms with Gasteiger partial charge < -0.3 is 25.2 Å². The molecular weight excluding hydrogens is 276 g/mol. The molecule has 7 heteroatoms. The second-order valence-corrected chi connectivity index (χ2v) is 4.22. The highest BCUT2D eigenvalue weighted by Gasteiger charge is 2.30. The molecule has 0 fully saturated rings. The predicted molar refractivity (Wildman–Crippen MR) is 76.0 cm³/mol. The van der Waals surface area contributed by atoms with E-state index in [-0.39, 0.29) is 0 Å². The Kier molecular flexibility index (Phi) is 6.48. The van der Waals surface area contributed by atoms with E-state index in [4.69, 9.17) is 4.74 Å². The first kappa shape index (κ1) is 16.8. The van der Waals surface area contributed by atoms with E-state index in [2.05, 4.69) is 15.4 Å². The molecular formula is C14H20N2O5. The van der Waals surface area contributed by atoms with Gasteiger partial charge >= 0.3 is 12.0 Å². The molecule has 0 saturated carbocycles. The number of benzene rings is 1. The van der Waals surface area contributed by atoms with Gasteiger partial charge in [0.05, 0.1) is 14.2 Å². The van der Waals surface area contributed by atoms with E-state index in [0.29, 0.717) is 17.9 Å². The van der Waals surface area contributed by atoms with E-state index in [1.807, 2.05) is 0 Å². The van der Waals surface area contributed by atoms with Crippen LogP contribution < -0.4 is 15.4 Å². The molecule has 2 unspecified atom stereocenters. The minimum absolute atomic E-state index is 0.401. The molecule has 2 atom stereocenters. The summed E-state index contributed by atoms with van der Waals surface area (Å²) in [6.45, 7) is 2.14. The van der Waals surface area contributed by atoms with Crippen molar-refractivity contribution in [2.24, 2.45) is 0 Å². The van der Waals surface area contributed by atoms with Crippen molar-refractivity contribution in [1.82, 2.24) is 10.6 Å². The van der Waals surface area contributed by atoms with Gasteiger partial charge in [0, 0.05) is 6.54 Å². The van der Waals surface area contributed by atoms with Gasteiger partial charge in [-0.25, -0.2) is 9.59 Å². The molecule has 1 aromatic rings. The molecule has 0 heterocycles. The molecule has 3 N–H and O–H groups in total. The van der Waals surface area contributed by atoms with Crippen LogP contribution in [0.2, 0.25) is 0 Å². The van der Waals surface area contributed by atoms with Crippen LogP contribution in [-0.2, 0) is 9.53 Å². The van der Waals surface area contributed by atoms with Gasteiger partial charge in [0.15, 0.2) is 6.04 Å². The van der Waals surface area contributed by atoms with Crippen LogP contribution in [-0.4, -0.2) is 43.9 Å². The Morgan fingerprint density at radius 1 is 1.24 bits per heavy atom. The predicted octanol–water partition coefficient (Wildman–Crippen LogP) is 0.589. The highest BCUT2D eigenvalue weighted by Crippen LogP contribution is 2.21. The van der Waals surface area contributed by atoms with Crippen molar-refractivity contribution in [1.29, 1.82) is 0 Å². The highest BCUT2D eigenvalue weighted by molar-refractivity contribution is 5.84. The fourth-order valence-electron chi connectivity index (χ4n) is 1.74. The first-order chi connectivity index (χ1) is 10.0. The van der Waals surface area contributed by atoms with Crippen LogP contribution in [0, 0.1) is 0 Å². The molecule has 0 radical (unpaired) electrons. The summed E-state index contributed by atoms with van der Waals surface area (Å²) in [5.74, 6) is -0.109. The molecule has 0 aliphatic rings. The fraction of sp³-hybridized carbons (Fsp3) is 0.429. The van der Waals surface area contributed by atoms with Crippen LogP contribution in [0.4, 0.5) is 4.79 Å². The van der Waals surface area contributed by atoms with E-state index in [9.17, 15) is 14.7 Å². The molecule has 1 rings (SSSR count). The van der Waals surface area contributed by atoms with Crippen molar-refractivity contribution in [3.63, 3.8) is 0 Å². The summed E-state index contributed by atoms with van der Waals surface area (Å²) in [6.07, 6.45) is -1.23. The Morgan fingerprint density at radius 3 is 2.33 bits per heavy atom. The molecule has 7 nitrogen and oxygen atoms in total. The van der Waals surface area contributed by atoms with E-state index in [1.54, 1.807) is 31.2 Å². The summed E-state index contributed by atoms with van der Waals surface area (Å²) >= 11 is 0. The number of aliphatic hydroxyl groups excluding tert-OH is 1. The van der Waals surface area contributed by atoms with Crippen LogP contribution in [0.15, 0.2) is 24.3 Å². The smallest absolute Gasteiger partial charge is 0.331 e. The van der Waals surface area contributed by atoms with Gasteiger partial charge in [0.2, 0.25) is 0 Å². The average molecular weight is 296 g/mol. The standard InChI is InChI=1S/C14H20N2O5/c1-4-15-14(19)16-11(13(18)21-3)12(17)9-5-7-10(20-2)8-6-9/h5-8,11-12,17H,4H2,1-3H3,(H2,15,16,19). The topological polar surface area (TPSA) is 96.9 Å². The number of esters is 1. The normalized spacial score (nSPS) is 13.0. The van der Waals surface area contributed by atoms with Crippen LogP contribution in [0.3, 0.4) is 0 Å². The van der Waals surface area contributed by atoms with Gasteiger partial charge in [-0.1, -0.05) is 12.1 Å². The summed E-state index contributed by atoms with van der Waals surface area (Å²) in [7, 11) is 2.72. The van der Waals surface area contributed by atoms with E-state index >= 15 is 0 Å². The summed E-state index contributed by atoms with van der Waals surface area (Å²) in [5.41, 5.74) is 0.461. The molecule has 0 aliphatic carbocycles. The maximum absolute atomic E-state index is 11.7. The third-order valence-corrected chi connectivity index (χ3v) is 2.85. The number of rotatable bonds is 6. The number of carbonyl (C=O) groups excluding carboxylic acids is 2. The molecule has 2 amide bonds. The zero-order valence-electron chi connectivity index (χ0n) is 12.3. The van der Waals surface area contributed by atoms with E-state index < -0.39 is 24.1 Å². The Hall–Kier alpha value is -2.28. The number of nitrogens with one attached hydrogen (secondary N) is 2. The minimum atomic E-state index is -1.23. The van der Waals surface area contributed by atoms with Crippen molar-refractivity contribution < 1.29 is 24.2 Å². The van der Waals surface area contributed by atoms with Crippen molar-refractivity contribution in [2.45, 2.75) is 19.1 Å². The summed E-state index contributed by atoms with van der Waals surface area (Å²) in [5, 5.41) is 15.2. The quantitative estimate of drug-likeness (QED) is 0.668. The number of carbonyl (C=O) groups is 2. The first-order valence-electron chi connectivity index (χ1n) is 6.47. The molecule has 1 aromatic carbocycles. The first-order valence-corrected chi connectivity index (χ1v) is 6.47. The van der Waals surface area contributed by atoms with Crippen molar-refractivity contribution >= 4 is 12.0 Å². The third-order valence-electron chi connectivity index (χ3n) is 2.85. The molecule has 0 spiro atoms. The zero-order valence-corrected chi connectivity index (χ0v) is 12.3. The third kappa shape index (κ3) is 4.64. The SMILES string of the molecule is CCNC(=O)NC(C(=O)OC)C(O)c1ccc(OC)cc1. The average Bonchev–Trinajstić information content (AvgIpc) is 2.51. The minimum Gasteiger partial charge on any atom is -0.497 e. The van der Waals surface area contributed by atoms with E-state index in [1.165, 1.54) is 14.2 Å². The van der Waals surface area contributed by atoms with Crippen molar-refractivity contribution in [3.8, 4) is 5.75 Å². The molecule has 21 heavy (non-hydrogen) atoms. The lowest BCUT2D eigenvalue weighted by molar-refractivity contribution is -0.145. The Balaban J connectivity index is 2.90. The van der Waals surface area contributed by atoms with Gasteiger partial charge in [-0.2, -0.15) is 0 Å². The Bertz CT molecular complexity index is 475. The second kappa shape index (κ2) is 8.11. The van der Waals surface area contributed by atoms with Crippen molar-refractivity contribution in [3.05, 3.63) is 29.8 Å². The van der Waals surface area contributed by atoms with E-state index in [0.717, 1.165) is 0 Å². The Labute approximate surface area is 123 Å². The zero-order chi connectivity index (χ0) is 15.8. The van der Waals surface area contributed by atoms with Crippen LogP contribution in [0.5, 0.6) is 5.75 Å². The number of amides is 2. The fourth-order valence-corrected chi connectivity index (χ4v) is 1.74. The highest BCUT2D eigenvalue weighted by atomic mass is 16.5. The lowest BCUT2D eigenvalue weighted by Gasteiger charge is -2.22. The van der Waals surface area contributed by atoms with Gasteiger partial charge in [-0.05, 0) is 24.6 Å². The lowest BCUT2D eigenvalue weighted by atomic mass is 10.0. The number of aliphatic hydroxyl groups is 1. The number of hydrogen-bond donors (Lipinski definition) is 3.